The molecule has 0 saturated carbocycles. The largest absolute Gasteiger partial charge is 0.481 e. The standard InChI is InChI=1S/C23H44N10O7/c1-3-12(2)17(20(38)32-15(21(39)40)8-9-16(34)35)33-19(37)14(7-5-11-30-23(27)28)31-18(36)13(24)6-4-10-29-22(25)26/h12-15,17H,3-11,24H2,1-2H3,(H,31,36)(H,32,38)(H,33,37)(H,34,35)(H,39,40)(H4,25,26,29)(H4,27,28,30). The molecule has 15 N–H and O–H groups in total. The van der Waals surface area contributed by atoms with Crippen molar-refractivity contribution in [3.8, 4) is 0 Å². The zero-order valence-electron chi connectivity index (χ0n) is 23.0. The van der Waals surface area contributed by atoms with Crippen molar-refractivity contribution in [2.24, 2.45) is 44.6 Å². The lowest BCUT2D eigenvalue weighted by atomic mass is 9.96. The second-order valence-electron chi connectivity index (χ2n) is 9.27. The molecule has 5 atom stereocenters. The fourth-order valence-corrected chi connectivity index (χ4v) is 3.44. The highest BCUT2D eigenvalue weighted by atomic mass is 16.4. The number of hydrogen-bond acceptors (Lipinski definition) is 8. The molecule has 0 saturated heterocycles. The average molecular weight is 573 g/mol. The predicted octanol–water partition coefficient (Wildman–Crippen LogP) is -3.13. The first-order chi connectivity index (χ1) is 18.7. The first-order valence-corrected chi connectivity index (χ1v) is 12.9. The van der Waals surface area contributed by atoms with Gasteiger partial charge in [-0.15, -0.1) is 0 Å². The Labute approximate surface area is 232 Å². The number of carbonyl (C=O) groups excluding carboxylic acids is 3. The number of aliphatic carboxylic acids is 2. The van der Waals surface area contributed by atoms with Gasteiger partial charge in [-0.1, -0.05) is 20.3 Å². The van der Waals surface area contributed by atoms with E-state index in [2.05, 4.69) is 25.9 Å². The maximum atomic E-state index is 13.3. The van der Waals surface area contributed by atoms with E-state index in [-0.39, 0.29) is 44.3 Å². The molecule has 0 aromatic heterocycles. The number of nitrogens with zero attached hydrogens (tertiary/aromatic N) is 2. The lowest BCUT2D eigenvalue weighted by Crippen LogP contribution is -2.58. The van der Waals surface area contributed by atoms with Gasteiger partial charge in [0, 0.05) is 19.5 Å². The monoisotopic (exact) mass is 572 g/mol. The van der Waals surface area contributed by atoms with Gasteiger partial charge in [0.05, 0.1) is 6.04 Å². The molecule has 0 heterocycles. The number of amides is 3. The second-order valence-corrected chi connectivity index (χ2v) is 9.27. The van der Waals surface area contributed by atoms with Gasteiger partial charge >= 0.3 is 11.9 Å². The molecule has 17 nitrogen and oxygen atoms in total. The van der Waals surface area contributed by atoms with Crippen LogP contribution in [0.25, 0.3) is 0 Å². The highest BCUT2D eigenvalue weighted by Gasteiger charge is 2.32. The minimum Gasteiger partial charge on any atom is -0.481 e. The van der Waals surface area contributed by atoms with Crippen LogP contribution in [0.1, 0.15) is 58.8 Å². The van der Waals surface area contributed by atoms with Crippen LogP contribution < -0.4 is 44.6 Å². The van der Waals surface area contributed by atoms with E-state index in [1.165, 1.54) is 0 Å². The Morgan fingerprint density at radius 3 is 1.75 bits per heavy atom. The molecular formula is C23H44N10O7. The van der Waals surface area contributed by atoms with Gasteiger partial charge in [-0.2, -0.15) is 0 Å². The number of hydrogen-bond donors (Lipinski definition) is 10. The Balaban J connectivity index is 5.64. The summed E-state index contributed by atoms with van der Waals surface area (Å²) >= 11 is 0. The topological polar surface area (TPSA) is 317 Å². The third-order valence-corrected chi connectivity index (χ3v) is 5.94. The van der Waals surface area contributed by atoms with E-state index in [1.54, 1.807) is 13.8 Å². The smallest absolute Gasteiger partial charge is 0.326 e. The number of rotatable bonds is 20. The summed E-state index contributed by atoms with van der Waals surface area (Å²) in [5.74, 6) is -5.43. The third-order valence-electron chi connectivity index (χ3n) is 5.94. The van der Waals surface area contributed by atoms with Crippen LogP contribution in [0, 0.1) is 5.92 Å². The van der Waals surface area contributed by atoms with Crippen molar-refractivity contribution in [1.29, 1.82) is 0 Å². The summed E-state index contributed by atoms with van der Waals surface area (Å²) in [4.78, 5) is 69.1. The molecule has 0 rings (SSSR count). The van der Waals surface area contributed by atoms with Crippen molar-refractivity contribution in [3.63, 3.8) is 0 Å². The number of nitrogens with one attached hydrogen (secondary N) is 3. The highest BCUT2D eigenvalue weighted by molar-refractivity contribution is 5.94. The number of guanidine groups is 2. The Hall–Kier alpha value is -4.15. The lowest BCUT2D eigenvalue weighted by Gasteiger charge is -2.28. The summed E-state index contributed by atoms with van der Waals surface area (Å²) in [7, 11) is 0. The molecule has 0 spiro atoms. The van der Waals surface area contributed by atoms with Crippen LogP contribution in [0.5, 0.6) is 0 Å². The molecule has 0 bridgehead atoms. The average Bonchev–Trinajstić information content (AvgIpc) is 2.87. The van der Waals surface area contributed by atoms with E-state index in [4.69, 9.17) is 33.8 Å². The summed E-state index contributed by atoms with van der Waals surface area (Å²) in [6, 6.07) is -4.73. The molecule has 0 aliphatic heterocycles. The molecule has 5 unspecified atom stereocenters. The van der Waals surface area contributed by atoms with Gasteiger partial charge in [0.25, 0.3) is 0 Å². The van der Waals surface area contributed by atoms with Crippen molar-refractivity contribution < 1.29 is 34.2 Å². The van der Waals surface area contributed by atoms with E-state index < -0.39 is 66.2 Å². The number of carboxylic acid groups (broad SMARTS) is 2. The molecule has 0 radical (unpaired) electrons. The van der Waals surface area contributed by atoms with Gasteiger partial charge < -0.3 is 54.8 Å². The molecule has 40 heavy (non-hydrogen) atoms. The minimum absolute atomic E-state index is 0.0907. The normalized spacial score (nSPS) is 14.4. The first kappa shape index (κ1) is 35.9. The van der Waals surface area contributed by atoms with Gasteiger partial charge in [0.15, 0.2) is 11.9 Å². The number of carboxylic acids is 2. The number of aliphatic imine (C=N–C) groups is 2. The predicted molar refractivity (Wildman–Crippen MR) is 148 cm³/mol. The summed E-state index contributed by atoms with van der Waals surface area (Å²) in [5, 5.41) is 25.7. The first-order valence-electron chi connectivity index (χ1n) is 12.9. The Kier molecular flexibility index (Phi) is 17.0. The highest BCUT2D eigenvalue weighted by Crippen LogP contribution is 2.11. The van der Waals surface area contributed by atoms with Gasteiger partial charge in [0.1, 0.15) is 18.1 Å². The number of carbonyl (C=O) groups is 5. The zero-order chi connectivity index (χ0) is 30.8. The van der Waals surface area contributed by atoms with E-state index in [0.29, 0.717) is 19.3 Å². The van der Waals surface area contributed by atoms with Crippen LogP contribution in [0.4, 0.5) is 0 Å². The van der Waals surface area contributed by atoms with Gasteiger partial charge in [-0.3, -0.25) is 29.2 Å². The molecule has 228 valence electrons. The van der Waals surface area contributed by atoms with Crippen LogP contribution in [0.3, 0.4) is 0 Å². The van der Waals surface area contributed by atoms with E-state index in [9.17, 15) is 29.1 Å². The minimum atomic E-state index is -1.47. The van der Waals surface area contributed by atoms with Crippen molar-refractivity contribution in [1.82, 2.24) is 16.0 Å². The van der Waals surface area contributed by atoms with E-state index in [0.717, 1.165) is 0 Å². The van der Waals surface area contributed by atoms with Crippen LogP contribution in [-0.4, -0.2) is 89.0 Å². The molecule has 0 aromatic rings. The van der Waals surface area contributed by atoms with Crippen molar-refractivity contribution in [2.75, 3.05) is 13.1 Å². The number of nitrogens with two attached hydrogens (primary N) is 5. The molecule has 17 heteroatoms. The Morgan fingerprint density at radius 1 is 0.750 bits per heavy atom. The fraction of sp³-hybridized carbons (Fsp3) is 0.696. The molecule has 0 fully saturated rings. The fourth-order valence-electron chi connectivity index (χ4n) is 3.44. The molecule has 0 aromatic carbocycles. The van der Waals surface area contributed by atoms with Crippen LogP contribution in [0.15, 0.2) is 9.98 Å². The Morgan fingerprint density at radius 2 is 1.27 bits per heavy atom. The third kappa shape index (κ3) is 15.3. The molecule has 3 amide bonds. The quantitative estimate of drug-likeness (QED) is 0.0393. The van der Waals surface area contributed by atoms with Gasteiger partial charge in [-0.25, -0.2) is 4.79 Å². The van der Waals surface area contributed by atoms with Crippen LogP contribution in [-0.2, 0) is 24.0 Å². The molecule has 0 aliphatic carbocycles. The molecular weight excluding hydrogens is 528 g/mol. The van der Waals surface area contributed by atoms with Crippen LogP contribution in [0.2, 0.25) is 0 Å². The second kappa shape index (κ2) is 19.0. The summed E-state index contributed by atoms with van der Waals surface area (Å²) in [6.45, 7) is 3.88. The van der Waals surface area contributed by atoms with Crippen molar-refractivity contribution in [2.45, 2.75) is 83.0 Å². The van der Waals surface area contributed by atoms with E-state index in [1.807, 2.05) is 0 Å². The summed E-state index contributed by atoms with van der Waals surface area (Å²) in [6.07, 6.45) is 0.655. The summed E-state index contributed by atoms with van der Waals surface area (Å²) < 4.78 is 0. The lowest BCUT2D eigenvalue weighted by molar-refractivity contribution is -0.143. The zero-order valence-corrected chi connectivity index (χ0v) is 23.0. The maximum absolute atomic E-state index is 13.3. The SMILES string of the molecule is CCC(C)C(NC(=O)C(CCCN=C(N)N)NC(=O)C(N)CCCN=C(N)N)C(=O)NC(CCC(=O)O)C(=O)O. The van der Waals surface area contributed by atoms with E-state index >= 15 is 0 Å². The molecule has 0 aliphatic rings. The van der Waals surface area contributed by atoms with Crippen molar-refractivity contribution >= 4 is 41.6 Å². The van der Waals surface area contributed by atoms with Crippen molar-refractivity contribution in [3.05, 3.63) is 0 Å². The maximum Gasteiger partial charge on any atom is 0.326 e. The van der Waals surface area contributed by atoms with Gasteiger partial charge in [-0.05, 0) is 38.0 Å². The summed E-state index contributed by atoms with van der Waals surface area (Å²) in [5.41, 5.74) is 27.2. The van der Waals surface area contributed by atoms with Crippen LogP contribution >= 0.6 is 0 Å². The van der Waals surface area contributed by atoms with Gasteiger partial charge in [0.2, 0.25) is 17.7 Å². The Bertz CT molecular complexity index is 920.